The van der Waals surface area contributed by atoms with Crippen LogP contribution in [0, 0.1) is 24.2 Å². The third-order valence-corrected chi connectivity index (χ3v) is 17.1. The second kappa shape index (κ2) is 13.3. The van der Waals surface area contributed by atoms with E-state index in [9.17, 15) is 0 Å². The molecule has 0 N–H and O–H groups in total. The molecule has 2 nitrogen and oxygen atoms in total. The Bertz CT molecular complexity index is 2700. The summed E-state index contributed by atoms with van der Waals surface area (Å²) < 4.78 is 7.60. The quantitative estimate of drug-likeness (QED) is 0.187. The van der Waals surface area contributed by atoms with Crippen molar-refractivity contribution in [2.45, 2.75) is 182 Å². The van der Waals surface area contributed by atoms with Crippen LogP contribution in [0.2, 0.25) is 0 Å². The molecular formula is C59H74BNO. The third kappa shape index (κ3) is 6.23. The summed E-state index contributed by atoms with van der Waals surface area (Å²) in [4.78, 5) is 2.77. The van der Waals surface area contributed by atoms with Crippen LogP contribution in [0.4, 0.5) is 11.4 Å². The summed E-state index contributed by atoms with van der Waals surface area (Å²) >= 11 is 0. The van der Waals surface area contributed by atoms with Gasteiger partial charge in [-0.1, -0.05) is 146 Å². The lowest BCUT2D eigenvalue weighted by Gasteiger charge is -2.49. The van der Waals surface area contributed by atoms with Gasteiger partial charge >= 0.3 is 0 Å². The van der Waals surface area contributed by atoms with E-state index >= 15 is 0 Å². The van der Waals surface area contributed by atoms with E-state index in [0.717, 1.165) is 18.4 Å². The van der Waals surface area contributed by atoms with Crippen LogP contribution in [0.25, 0.3) is 11.0 Å². The number of hydrogen-bond donors (Lipinski definition) is 0. The molecule has 0 amide bonds. The molecule has 3 heterocycles. The number of benzene rings is 3. The van der Waals surface area contributed by atoms with Crippen LogP contribution in [-0.2, 0) is 27.1 Å². The molecule has 3 heteroatoms. The molecule has 6 aliphatic rings. The van der Waals surface area contributed by atoms with Crippen LogP contribution in [0.3, 0.4) is 0 Å². The van der Waals surface area contributed by atoms with Gasteiger partial charge in [-0.2, -0.15) is 0 Å². The van der Waals surface area contributed by atoms with Crippen molar-refractivity contribution in [2.75, 3.05) is 4.90 Å². The fourth-order valence-corrected chi connectivity index (χ4v) is 12.9. The largest absolute Gasteiger partial charge is 0.461 e. The molecule has 0 radical (unpaired) electrons. The number of hydrogen-bond acceptors (Lipinski definition) is 2. The van der Waals surface area contributed by atoms with E-state index in [2.05, 4.69) is 182 Å². The van der Waals surface area contributed by atoms with Gasteiger partial charge in [0.05, 0.1) is 0 Å². The molecule has 324 valence electrons. The van der Waals surface area contributed by atoms with Crippen molar-refractivity contribution in [3.63, 3.8) is 0 Å². The topological polar surface area (TPSA) is 16.4 Å². The Morgan fingerprint density at radius 3 is 1.87 bits per heavy atom. The summed E-state index contributed by atoms with van der Waals surface area (Å²) in [6.45, 7) is 38.9. The number of rotatable bonds is 2. The van der Waals surface area contributed by atoms with E-state index in [1.54, 1.807) is 5.47 Å². The van der Waals surface area contributed by atoms with E-state index < -0.39 is 0 Å². The lowest BCUT2D eigenvalue weighted by molar-refractivity contribution is 0.332. The Morgan fingerprint density at radius 1 is 0.710 bits per heavy atom. The molecule has 0 saturated carbocycles. The highest BCUT2D eigenvalue weighted by molar-refractivity contribution is 6.95. The molecule has 4 aromatic rings. The minimum atomic E-state index is 0.0765. The third-order valence-electron chi connectivity index (χ3n) is 17.1. The molecule has 0 fully saturated rings. The van der Waals surface area contributed by atoms with Crippen LogP contribution < -0.4 is 15.8 Å². The van der Waals surface area contributed by atoms with E-state index in [4.69, 9.17) is 4.42 Å². The predicted octanol–water partition coefficient (Wildman–Crippen LogP) is 14.9. The summed E-state index contributed by atoms with van der Waals surface area (Å²) in [5.74, 6) is 2.05. The van der Waals surface area contributed by atoms with Crippen molar-refractivity contribution >= 4 is 40.0 Å². The van der Waals surface area contributed by atoms with Gasteiger partial charge in [0, 0.05) is 28.4 Å². The SMILES string of the molecule is Cc1cc(C(C)(C)C)ccc1N1C2=C3B(c4cc5c(cc41)C(C)(C)CCC5(C)C)c1c(oc4cc5c(cc14)C(C)(C)CCC5(C)C)C(C1C=CC(C(C)(C)C)=CC1)C3=CC(C)C2. The molecular weight excluding hydrogens is 749 g/mol. The van der Waals surface area contributed by atoms with Gasteiger partial charge in [0.1, 0.15) is 11.3 Å². The van der Waals surface area contributed by atoms with Gasteiger partial charge < -0.3 is 9.32 Å². The van der Waals surface area contributed by atoms with Gasteiger partial charge in [-0.25, -0.2) is 0 Å². The van der Waals surface area contributed by atoms with Crippen molar-refractivity contribution in [2.24, 2.45) is 17.3 Å². The highest BCUT2D eigenvalue weighted by Gasteiger charge is 2.53. The van der Waals surface area contributed by atoms with Gasteiger partial charge in [-0.15, -0.1) is 0 Å². The number of allylic oxidation sites excluding steroid dienone is 8. The summed E-state index contributed by atoms with van der Waals surface area (Å²) in [5.41, 5.74) is 22.1. The molecule has 2 aliphatic heterocycles. The Balaban J connectivity index is 1.32. The zero-order chi connectivity index (χ0) is 44.4. The average molecular weight is 824 g/mol. The van der Waals surface area contributed by atoms with Crippen LogP contribution in [0.1, 0.15) is 187 Å². The smallest absolute Gasteiger partial charge is 0.252 e. The molecule has 10 rings (SSSR count). The van der Waals surface area contributed by atoms with Crippen LogP contribution in [0.15, 0.2) is 93.5 Å². The van der Waals surface area contributed by atoms with Crippen LogP contribution in [0.5, 0.6) is 0 Å². The summed E-state index contributed by atoms with van der Waals surface area (Å²) in [7, 11) is 0. The van der Waals surface area contributed by atoms with Gasteiger partial charge in [0.15, 0.2) is 0 Å². The minimum Gasteiger partial charge on any atom is -0.461 e. The van der Waals surface area contributed by atoms with Gasteiger partial charge in [0.2, 0.25) is 0 Å². The molecule has 0 saturated heterocycles. The first-order chi connectivity index (χ1) is 28.8. The lowest BCUT2D eigenvalue weighted by Crippen LogP contribution is -2.57. The Labute approximate surface area is 375 Å². The van der Waals surface area contributed by atoms with E-state index in [-0.39, 0.29) is 45.1 Å². The number of fused-ring (bicyclic) bond motifs is 8. The molecule has 0 spiro atoms. The fraction of sp³-hybridized carbons (Fsp3) is 0.525. The van der Waals surface area contributed by atoms with Crippen molar-refractivity contribution in [3.8, 4) is 0 Å². The number of furan rings is 1. The molecule has 0 bridgehead atoms. The van der Waals surface area contributed by atoms with Crippen molar-refractivity contribution < 1.29 is 4.42 Å². The van der Waals surface area contributed by atoms with Gasteiger partial charge in [-0.05, 0) is 175 Å². The lowest BCUT2D eigenvalue weighted by atomic mass is 9.29. The molecule has 3 unspecified atom stereocenters. The maximum atomic E-state index is 7.60. The van der Waals surface area contributed by atoms with Crippen molar-refractivity contribution in [3.05, 3.63) is 128 Å². The zero-order valence-corrected chi connectivity index (χ0v) is 41.3. The fourth-order valence-electron chi connectivity index (χ4n) is 12.9. The predicted molar refractivity (Wildman–Crippen MR) is 267 cm³/mol. The minimum absolute atomic E-state index is 0.0765. The average Bonchev–Trinajstić information content (AvgIpc) is 3.55. The van der Waals surface area contributed by atoms with Crippen LogP contribution in [-0.4, -0.2) is 6.71 Å². The highest BCUT2D eigenvalue weighted by atomic mass is 16.3. The van der Waals surface area contributed by atoms with Crippen LogP contribution >= 0.6 is 0 Å². The maximum absolute atomic E-state index is 7.60. The first-order valence-corrected chi connectivity index (χ1v) is 24.3. The highest BCUT2D eigenvalue weighted by Crippen LogP contribution is 2.56. The number of nitrogens with zero attached hydrogens (tertiary/aromatic N) is 1. The Kier molecular flexibility index (Phi) is 9.01. The van der Waals surface area contributed by atoms with Gasteiger partial charge in [-0.3, -0.25) is 0 Å². The first kappa shape index (κ1) is 42.0. The Hall–Kier alpha value is -3.98. The molecule has 3 aromatic carbocycles. The second-order valence-corrected chi connectivity index (χ2v) is 25.6. The standard InChI is InChI=1S/C59H74BNO/c1-34-27-40-50(36-17-19-37(20-18-36)54(3,4)5)53-52(39-30-41-44(33-49(39)62-53)59(15,16)26-23-56(41,9)10)60-45-31-42-43(58(13,14)25-24-57(42,11)12)32-47(45)61(48(28-34)51(40)60)46-22-21-38(29-35(46)2)55(6,7)8/h17,19-22,27,29-34,36,50H,18,23-26,28H2,1-16H3. The molecule has 1 aromatic heterocycles. The second-order valence-electron chi connectivity index (χ2n) is 25.6. The van der Waals surface area contributed by atoms with E-state index in [1.165, 1.54) is 109 Å². The van der Waals surface area contributed by atoms with E-state index in [1.807, 2.05) is 0 Å². The molecule has 62 heavy (non-hydrogen) atoms. The number of aryl methyl sites for hydroxylation is 1. The van der Waals surface area contributed by atoms with E-state index in [0.29, 0.717) is 11.8 Å². The summed E-state index contributed by atoms with van der Waals surface area (Å²) in [6, 6.07) is 17.9. The molecule has 4 aliphatic carbocycles. The summed E-state index contributed by atoms with van der Waals surface area (Å²) in [5, 5.41) is 1.34. The Morgan fingerprint density at radius 2 is 1.31 bits per heavy atom. The number of anilines is 2. The summed E-state index contributed by atoms with van der Waals surface area (Å²) in [6.07, 6.45) is 17.1. The van der Waals surface area contributed by atoms with Gasteiger partial charge in [0.25, 0.3) is 6.71 Å². The monoisotopic (exact) mass is 824 g/mol. The first-order valence-electron chi connectivity index (χ1n) is 24.3. The van der Waals surface area contributed by atoms with Crippen molar-refractivity contribution in [1.82, 2.24) is 0 Å². The maximum Gasteiger partial charge on any atom is 0.252 e. The van der Waals surface area contributed by atoms with Crippen molar-refractivity contribution in [1.29, 1.82) is 0 Å². The normalized spacial score (nSPS) is 25.4. The molecule has 3 atom stereocenters. The zero-order valence-electron chi connectivity index (χ0n) is 41.3.